The molecule has 2 aliphatic rings. The Morgan fingerprint density at radius 2 is 2.17 bits per heavy atom. The highest BCUT2D eigenvalue weighted by Gasteiger charge is 2.38. The summed E-state index contributed by atoms with van der Waals surface area (Å²) in [5.41, 5.74) is 0.920. The van der Waals surface area contributed by atoms with E-state index in [0.717, 1.165) is 51.1 Å². The molecule has 1 saturated carbocycles. The van der Waals surface area contributed by atoms with Crippen LogP contribution in [0.3, 0.4) is 0 Å². The number of nitrogens with zero attached hydrogens (tertiary/aromatic N) is 2. The number of nitrogens with one attached hydrogen (secondary N) is 2. The number of carbonyl (C=O) groups excluding carboxylic acids is 1. The van der Waals surface area contributed by atoms with E-state index in [2.05, 4.69) is 33.5 Å². The first-order valence-corrected chi connectivity index (χ1v) is 9.26. The second-order valence-corrected chi connectivity index (χ2v) is 7.59. The van der Waals surface area contributed by atoms with Gasteiger partial charge in [0.2, 0.25) is 5.91 Å². The maximum Gasteiger partial charge on any atom is 0.227 e. The maximum absolute atomic E-state index is 12.8. The molecule has 0 radical (unpaired) electrons. The Morgan fingerprint density at radius 3 is 2.92 bits per heavy atom. The van der Waals surface area contributed by atoms with Crippen molar-refractivity contribution >= 4 is 11.7 Å². The van der Waals surface area contributed by atoms with Crippen LogP contribution in [0, 0.1) is 5.41 Å². The number of pyridine rings is 1. The predicted molar refractivity (Wildman–Crippen MR) is 96.8 cm³/mol. The first kappa shape index (κ1) is 17.2. The average Bonchev–Trinajstić information content (AvgIpc) is 3.08. The zero-order valence-electron chi connectivity index (χ0n) is 15.0. The molecule has 5 heteroatoms. The quantitative estimate of drug-likeness (QED) is 0.872. The highest BCUT2D eigenvalue weighted by molar-refractivity contribution is 5.83. The molecule has 1 aromatic heterocycles. The van der Waals surface area contributed by atoms with E-state index in [4.69, 9.17) is 0 Å². The van der Waals surface area contributed by atoms with Crippen LogP contribution in [-0.2, 0) is 11.3 Å². The molecule has 1 amide bonds. The molecule has 24 heavy (non-hydrogen) atoms. The van der Waals surface area contributed by atoms with E-state index in [1.165, 1.54) is 18.4 Å². The lowest BCUT2D eigenvalue weighted by atomic mass is 9.80. The van der Waals surface area contributed by atoms with Gasteiger partial charge in [0, 0.05) is 37.9 Å². The molecule has 2 heterocycles. The summed E-state index contributed by atoms with van der Waals surface area (Å²) in [7, 11) is 1.90. The molecule has 2 N–H and O–H groups in total. The van der Waals surface area contributed by atoms with Gasteiger partial charge < -0.3 is 10.6 Å². The van der Waals surface area contributed by atoms with Gasteiger partial charge in [-0.2, -0.15) is 0 Å². The summed E-state index contributed by atoms with van der Waals surface area (Å²) in [6, 6.07) is 4.49. The fourth-order valence-electron chi connectivity index (χ4n) is 4.13. The minimum Gasteiger partial charge on any atom is -0.373 e. The lowest BCUT2D eigenvalue weighted by molar-refractivity contribution is -0.134. The monoisotopic (exact) mass is 330 g/mol. The highest BCUT2D eigenvalue weighted by Crippen LogP contribution is 2.32. The molecule has 0 bridgehead atoms. The molecule has 0 spiro atoms. The van der Waals surface area contributed by atoms with Crippen LogP contribution in [0.5, 0.6) is 0 Å². The van der Waals surface area contributed by atoms with Crippen LogP contribution >= 0.6 is 0 Å². The maximum atomic E-state index is 12.8. The van der Waals surface area contributed by atoms with Crippen LogP contribution in [-0.4, -0.2) is 42.0 Å². The third kappa shape index (κ3) is 3.89. The van der Waals surface area contributed by atoms with Crippen molar-refractivity contribution in [3.05, 3.63) is 23.9 Å². The summed E-state index contributed by atoms with van der Waals surface area (Å²) in [4.78, 5) is 19.6. The Bertz CT molecular complexity index is 570. The van der Waals surface area contributed by atoms with Crippen molar-refractivity contribution in [2.45, 2.75) is 58.0 Å². The predicted octanol–water partition coefficient (Wildman–Crippen LogP) is 2.78. The van der Waals surface area contributed by atoms with Crippen molar-refractivity contribution in [2.24, 2.45) is 5.41 Å². The van der Waals surface area contributed by atoms with Crippen molar-refractivity contribution in [3.8, 4) is 0 Å². The van der Waals surface area contributed by atoms with Crippen LogP contribution in [0.25, 0.3) is 0 Å². The normalized spacial score (nSPS) is 25.6. The van der Waals surface area contributed by atoms with Gasteiger partial charge in [0.1, 0.15) is 5.82 Å². The van der Waals surface area contributed by atoms with Gasteiger partial charge in [-0.1, -0.05) is 18.9 Å². The zero-order valence-corrected chi connectivity index (χ0v) is 15.0. The Morgan fingerprint density at radius 1 is 1.38 bits per heavy atom. The molecular weight excluding hydrogens is 300 g/mol. The molecule has 3 rings (SSSR count). The van der Waals surface area contributed by atoms with E-state index in [1.807, 2.05) is 19.3 Å². The van der Waals surface area contributed by atoms with Crippen LogP contribution in [0.4, 0.5) is 5.82 Å². The number of piperidine rings is 1. The van der Waals surface area contributed by atoms with Gasteiger partial charge in [0.05, 0.1) is 5.41 Å². The Balaban J connectivity index is 1.63. The van der Waals surface area contributed by atoms with E-state index in [0.29, 0.717) is 6.04 Å². The molecule has 1 saturated heterocycles. The zero-order chi connectivity index (χ0) is 17.0. The van der Waals surface area contributed by atoms with Gasteiger partial charge in [-0.15, -0.1) is 0 Å². The number of aromatic nitrogens is 1. The third-order valence-electron chi connectivity index (χ3n) is 5.54. The van der Waals surface area contributed by atoms with Gasteiger partial charge in [-0.25, -0.2) is 4.98 Å². The van der Waals surface area contributed by atoms with Gasteiger partial charge in [0.15, 0.2) is 0 Å². The number of likely N-dealkylation sites (tertiary alicyclic amines) is 1. The number of hydrogen-bond donors (Lipinski definition) is 2. The standard InChI is InChI=1S/C19H30N4O/c1-19(18(24)22-16-8-3-4-9-16)10-6-12-23(14-19)13-15-7-5-11-21-17(15)20-2/h5,7,11,16H,3-4,6,8-10,12-14H2,1-2H3,(H,20,21)(H,22,24)/t19-/m0/s1. The van der Waals surface area contributed by atoms with Gasteiger partial charge in [-0.05, 0) is 45.2 Å². The molecule has 1 atom stereocenters. The van der Waals surface area contributed by atoms with Crippen LogP contribution in [0.2, 0.25) is 0 Å². The van der Waals surface area contributed by atoms with E-state index in [1.54, 1.807) is 0 Å². The van der Waals surface area contributed by atoms with Crippen molar-refractivity contribution in [1.82, 2.24) is 15.2 Å². The summed E-state index contributed by atoms with van der Waals surface area (Å²) in [6.07, 6.45) is 8.66. The summed E-state index contributed by atoms with van der Waals surface area (Å²) >= 11 is 0. The summed E-state index contributed by atoms with van der Waals surface area (Å²) in [6.45, 7) is 4.84. The summed E-state index contributed by atoms with van der Waals surface area (Å²) < 4.78 is 0. The molecule has 2 fully saturated rings. The number of carbonyl (C=O) groups is 1. The summed E-state index contributed by atoms with van der Waals surface area (Å²) in [5.74, 6) is 1.18. The molecule has 1 aromatic rings. The van der Waals surface area contributed by atoms with Crippen LogP contribution in [0.1, 0.15) is 51.0 Å². The van der Waals surface area contributed by atoms with Gasteiger partial charge >= 0.3 is 0 Å². The van der Waals surface area contributed by atoms with Crippen molar-refractivity contribution in [2.75, 3.05) is 25.5 Å². The van der Waals surface area contributed by atoms with Gasteiger partial charge in [-0.3, -0.25) is 9.69 Å². The van der Waals surface area contributed by atoms with E-state index in [-0.39, 0.29) is 11.3 Å². The molecule has 0 unspecified atom stereocenters. The lowest BCUT2D eigenvalue weighted by Crippen LogP contribution is -2.51. The first-order chi connectivity index (χ1) is 11.6. The number of amides is 1. The minimum absolute atomic E-state index is 0.249. The molecule has 5 nitrogen and oxygen atoms in total. The van der Waals surface area contributed by atoms with E-state index >= 15 is 0 Å². The molecule has 1 aliphatic carbocycles. The first-order valence-electron chi connectivity index (χ1n) is 9.26. The Labute approximate surface area is 145 Å². The number of anilines is 1. The van der Waals surface area contributed by atoms with Crippen LogP contribution < -0.4 is 10.6 Å². The second-order valence-electron chi connectivity index (χ2n) is 7.59. The molecule has 1 aliphatic heterocycles. The second kappa shape index (κ2) is 7.51. The molecule has 132 valence electrons. The molecular formula is C19H30N4O. The van der Waals surface area contributed by atoms with Crippen LogP contribution in [0.15, 0.2) is 18.3 Å². The highest BCUT2D eigenvalue weighted by atomic mass is 16.2. The van der Waals surface area contributed by atoms with Crippen molar-refractivity contribution in [1.29, 1.82) is 0 Å². The molecule has 0 aromatic carbocycles. The fraction of sp³-hybridized carbons (Fsp3) is 0.684. The number of rotatable bonds is 5. The lowest BCUT2D eigenvalue weighted by Gasteiger charge is -2.40. The van der Waals surface area contributed by atoms with Crippen molar-refractivity contribution in [3.63, 3.8) is 0 Å². The largest absolute Gasteiger partial charge is 0.373 e. The smallest absolute Gasteiger partial charge is 0.227 e. The number of hydrogen-bond acceptors (Lipinski definition) is 4. The minimum atomic E-state index is -0.275. The average molecular weight is 330 g/mol. The van der Waals surface area contributed by atoms with Crippen molar-refractivity contribution < 1.29 is 4.79 Å². The van der Waals surface area contributed by atoms with E-state index < -0.39 is 0 Å². The van der Waals surface area contributed by atoms with E-state index in [9.17, 15) is 4.79 Å². The SMILES string of the molecule is CNc1ncccc1CN1CCC[C@](C)(C(=O)NC2CCCC2)C1. The Kier molecular flexibility index (Phi) is 5.39. The topological polar surface area (TPSA) is 57.3 Å². The fourth-order valence-corrected chi connectivity index (χ4v) is 4.13. The Hall–Kier alpha value is -1.62. The van der Waals surface area contributed by atoms with Gasteiger partial charge in [0.25, 0.3) is 0 Å². The third-order valence-corrected chi connectivity index (χ3v) is 5.54. The summed E-state index contributed by atoms with van der Waals surface area (Å²) in [5, 5.41) is 6.47.